The molecule has 2 saturated heterocycles. The standard InChI is InChI=1S/C12H16N3O4P/c1-10(11-2-4-12(5-3-11)15(16)17)19-20(18,13-6-7-13)14-8-9-14/h2-5,10H,6-9H2,1H3/t10-/m1/s1. The van der Waals surface area contributed by atoms with Gasteiger partial charge in [0.15, 0.2) is 0 Å². The van der Waals surface area contributed by atoms with Gasteiger partial charge >= 0.3 is 7.67 Å². The number of nitro benzene ring substituents is 1. The van der Waals surface area contributed by atoms with E-state index in [2.05, 4.69) is 0 Å². The molecule has 2 aliphatic heterocycles. The van der Waals surface area contributed by atoms with E-state index in [1.165, 1.54) is 12.1 Å². The van der Waals surface area contributed by atoms with Gasteiger partial charge < -0.3 is 0 Å². The van der Waals surface area contributed by atoms with Crippen molar-refractivity contribution in [1.29, 1.82) is 0 Å². The van der Waals surface area contributed by atoms with Crippen LogP contribution in [0.5, 0.6) is 0 Å². The minimum Gasteiger partial charge on any atom is -0.298 e. The van der Waals surface area contributed by atoms with Gasteiger partial charge in [-0.05, 0) is 24.6 Å². The molecule has 2 heterocycles. The second-order valence-corrected chi connectivity index (χ2v) is 7.32. The molecule has 1 atom stereocenters. The maximum Gasteiger partial charge on any atom is 0.346 e. The Morgan fingerprint density at radius 2 is 1.70 bits per heavy atom. The van der Waals surface area contributed by atoms with Crippen molar-refractivity contribution in [3.8, 4) is 0 Å². The van der Waals surface area contributed by atoms with Crippen molar-refractivity contribution in [1.82, 2.24) is 9.34 Å². The van der Waals surface area contributed by atoms with E-state index >= 15 is 0 Å². The number of nitro groups is 1. The molecule has 3 rings (SSSR count). The zero-order chi connectivity index (χ0) is 14.3. The second-order valence-electron chi connectivity index (χ2n) is 4.99. The van der Waals surface area contributed by atoms with Crippen molar-refractivity contribution in [2.24, 2.45) is 0 Å². The average Bonchev–Trinajstić information content (AvgIpc) is 3.31. The molecule has 2 aliphatic rings. The molecule has 7 nitrogen and oxygen atoms in total. The lowest BCUT2D eigenvalue weighted by atomic mass is 10.1. The molecule has 0 N–H and O–H groups in total. The van der Waals surface area contributed by atoms with Crippen molar-refractivity contribution in [3.05, 3.63) is 39.9 Å². The third-order valence-electron chi connectivity index (χ3n) is 3.43. The Morgan fingerprint density at radius 1 is 1.20 bits per heavy atom. The van der Waals surface area contributed by atoms with Gasteiger partial charge in [-0.1, -0.05) is 0 Å². The smallest absolute Gasteiger partial charge is 0.298 e. The molecule has 1 aromatic carbocycles. The van der Waals surface area contributed by atoms with Crippen LogP contribution in [0.4, 0.5) is 5.69 Å². The first-order valence-electron chi connectivity index (χ1n) is 6.54. The molecule has 0 aromatic heterocycles. The summed E-state index contributed by atoms with van der Waals surface area (Å²) in [6, 6.07) is 6.18. The highest BCUT2D eigenvalue weighted by atomic mass is 31.2. The molecule has 0 unspecified atom stereocenters. The number of non-ortho nitro benzene ring substituents is 1. The number of hydrogen-bond acceptors (Lipinski definition) is 4. The first-order valence-corrected chi connectivity index (χ1v) is 8.07. The lowest BCUT2D eigenvalue weighted by Crippen LogP contribution is -2.10. The Hall–Kier alpha value is -1.27. The van der Waals surface area contributed by atoms with Gasteiger partial charge in [-0.25, -0.2) is 9.34 Å². The molecule has 0 amide bonds. The fraction of sp³-hybridized carbons (Fsp3) is 0.500. The first-order chi connectivity index (χ1) is 9.50. The summed E-state index contributed by atoms with van der Waals surface area (Å²) in [5.41, 5.74) is 0.834. The van der Waals surface area contributed by atoms with Gasteiger partial charge in [0.05, 0.1) is 11.0 Å². The molecule has 1 aromatic rings. The topological polar surface area (TPSA) is 75.5 Å². The van der Waals surface area contributed by atoms with Crippen molar-refractivity contribution in [2.45, 2.75) is 13.0 Å². The highest BCUT2D eigenvalue weighted by molar-refractivity contribution is 7.54. The van der Waals surface area contributed by atoms with E-state index in [9.17, 15) is 14.7 Å². The molecular weight excluding hydrogens is 281 g/mol. The van der Waals surface area contributed by atoms with Gasteiger partial charge in [0, 0.05) is 38.3 Å². The predicted octanol–water partition coefficient (Wildman–Crippen LogP) is 2.41. The second kappa shape index (κ2) is 4.93. The molecule has 108 valence electrons. The van der Waals surface area contributed by atoms with E-state index < -0.39 is 12.6 Å². The minimum atomic E-state index is -2.86. The molecular formula is C12H16N3O4P. The number of hydrogen-bond donors (Lipinski definition) is 0. The van der Waals surface area contributed by atoms with E-state index in [0.29, 0.717) is 0 Å². The summed E-state index contributed by atoms with van der Waals surface area (Å²) in [7, 11) is -2.86. The third kappa shape index (κ3) is 2.62. The Morgan fingerprint density at radius 3 is 2.10 bits per heavy atom. The van der Waals surface area contributed by atoms with Crippen LogP contribution < -0.4 is 0 Å². The highest BCUT2D eigenvalue weighted by Crippen LogP contribution is 2.63. The van der Waals surface area contributed by atoms with E-state index in [1.807, 2.05) is 16.3 Å². The van der Waals surface area contributed by atoms with Crippen LogP contribution in [0.15, 0.2) is 24.3 Å². The van der Waals surface area contributed by atoms with Gasteiger partial charge in [0.1, 0.15) is 0 Å². The first kappa shape index (κ1) is 13.7. The summed E-state index contributed by atoms with van der Waals surface area (Å²) < 4.78 is 22.3. The zero-order valence-corrected chi connectivity index (χ0v) is 12.0. The van der Waals surface area contributed by atoms with Crippen molar-refractivity contribution < 1.29 is 14.0 Å². The maximum absolute atomic E-state index is 12.8. The number of benzene rings is 1. The van der Waals surface area contributed by atoms with E-state index in [4.69, 9.17) is 4.52 Å². The van der Waals surface area contributed by atoms with Crippen LogP contribution in [0.25, 0.3) is 0 Å². The average molecular weight is 297 g/mol. The quantitative estimate of drug-likeness (QED) is 0.347. The molecule has 0 radical (unpaired) electrons. The van der Waals surface area contributed by atoms with Crippen LogP contribution in [0, 0.1) is 10.1 Å². The predicted molar refractivity (Wildman–Crippen MR) is 73.3 cm³/mol. The lowest BCUT2D eigenvalue weighted by Gasteiger charge is -2.24. The zero-order valence-electron chi connectivity index (χ0n) is 11.1. The van der Waals surface area contributed by atoms with Gasteiger partial charge in [-0.3, -0.25) is 19.2 Å². The SMILES string of the molecule is C[C@@H](OP(=O)(N1CC1)N1CC1)c1ccc([N+](=O)[O-])cc1. The van der Waals surface area contributed by atoms with Crippen LogP contribution in [0.2, 0.25) is 0 Å². The fourth-order valence-corrected chi connectivity index (χ4v) is 4.39. The Labute approximate surface area is 116 Å². The van der Waals surface area contributed by atoms with Crippen LogP contribution in [0.3, 0.4) is 0 Å². The highest BCUT2D eigenvalue weighted by Gasteiger charge is 2.50. The maximum atomic E-state index is 12.8. The molecule has 8 heteroatoms. The summed E-state index contributed by atoms with van der Waals surface area (Å²) in [6.45, 7) is 5.05. The van der Waals surface area contributed by atoms with Gasteiger partial charge in [-0.2, -0.15) is 0 Å². The third-order valence-corrected chi connectivity index (χ3v) is 6.25. The summed E-state index contributed by atoms with van der Waals surface area (Å²) in [4.78, 5) is 10.2. The number of rotatable bonds is 6. The van der Waals surface area contributed by atoms with Crippen LogP contribution in [-0.2, 0) is 9.09 Å². The Bertz CT molecular complexity index is 553. The van der Waals surface area contributed by atoms with Crippen LogP contribution in [0.1, 0.15) is 18.6 Å². The van der Waals surface area contributed by atoms with Gasteiger partial charge in [0.2, 0.25) is 0 Å². The molecule has 0 spiro atoms. The summed E-state index contributed by atoms with van der Waals surface area (Å²) in [6.07, 6.45) is -0.358. The Kier molecular flexibility index (Phi) is 3.38. The molecule has 0 saturated carbocycles. The number of nitrogens with zero attached hydrogens (tertiary/aromatic N) is 3. The van der Waals surface area contributed by atoms with Crippen molar-refractivity contribution >= 4 is 13.4 Å². The largest absolute Gasteiger partial charge is 0.346 e. The normalized spacial score (nSPS) is 20.6. The summed E-state index contributed by atoms with van der Waals surface area (Å²) >= 11 is 0. The van der Waals surface area contributed by atoms with Crippen LogP contribution >= 0.6 is 7.67 Å². The van der Waals surface area contributed by atoms with E-state index in [0.717, 1.165) is 31.7 Å². The van der Waals surface area contributed by atoms with Crippen molar-refractivity contribution in [2.75, 3.05) is 26.2 Å². The van der Waals surface area contributed by atoms with E-state index in [-0.39, 0.29) is 11.8 Å². The summed E-state index contributed by atoms with van der Waals surface area (Å²) in [5, 5.41) is 10.6. The van der Waals surface area contributed by atoms with Gasteiger partial charge in [-0.15, -0.1) is 0 Å². The molecule has 2 fully saturated rings. The fourth-order valence-electron chi connectivity index (χ4n) is 2.04. The van der Waals surface area contributed by atoms with Crippen LogP contribution in [-0.4, -0.2) is 40.4 Å². The van der Waals surface area contributed by atoms with Gasteiger partial charge in [0.25, 0.3) is 5.69 Å². The minimum absolute atomic E-state index is 0.0426. The van der Waals surface area contributed by atoms with Crippen molar-refractivity contribution in [3.63, 3.8) is 0 Å². The lowest BCUT2D eigenvalue weighted by molar-refractivity contribution is -0.384. The Balaban J connectivity index is 1.73. The molecule has 0 aliphatic carbocycles. The monoisotopic (exact) mass is 297 g/mol. The van der Waals surface area contributed by atoms with E-state index in [1.54, 1.807) is 12.1 Å². The molecule has 20 heavy (non-hydrogen) atoms. The summed E-state index contributed by atoms with van der Waals surface area (Å²) in [5.74, 6) is 0. The molecule has 0 bridgehead atoms.